The first kappa shape index (κ1) is 20.9. The molecule has 3 heteroatoms. The van der Waals surface area contributed by atoms with Crippen LogP contribution in [0.15, 0.2) is 0 Å². The first-order chi connectivity index (χ1) is 9.27. The molecule has 0 amide bonds. The zero-order valence-electron chi connectivity index (χ0n) is 15.9. The molecule has 0 fully saturated rings. The number of sulfone groups is 1. The normalized spacial score (nSPS) is 19.9. The van der Waals surface area contributed by atoms with Gasteiger partial charge in [0.1, 0.15) is 0 Å². The molecular weight excluding hydrogens is 280 g/mol. The Bertz CT molecular complexity index is 386. The second kappa shape index (κ2) is 7.02. The lowest BCUT2D eigenvalue weighted by Gasteiger charge is -2.43. The van der Waals surface area contributed by atoms with Crippen LogP contribution < -0.4 is 0 Å². The Kier molecular flexibility index (Phi) is 7.00. The molecule has 0 N–H and O–H groups in total. The van der Waals surface area contributed by atoms with Crippen molar-refractivity contribution < 1.29 is 8.42 Å². The Hall–Kier alpha value is -0.0500. The fourth-order valence-corrected chi connectivity index (χ4v) is 5.78. The zero-order valence-corrected chi connectivity index (χ0v) is 16.8. The molecule has 0 bridgehead atoms. The highest BCUT2D eigenvalue weighted by Crippen LogP contribution is 2.43. The topological polar surface area (TPSA) is 34.1 Å². The van der Waals surface area contributed by atoms with Gasteiger partial charge >= 0.3 is 0 Å². The molecule has 0 aliphatic rings. The van der Waals surface area contributed by atoms with Gasteiger partial charge in [-0.1, -0.05) is 68.2 Å². The average Bonchev–Trinajstić information content (AvgIpc) is 2.42. The van der Waals surface area contributed by atoms with Crippen molar-refractivity contribution in [2.75, 3.05) is 0 Å². The molecule has 128 valence electrons. The van der Waals surface area contributed by atoms with Crippen LogP contribution in [0.3, 0.4) is 0 Å². The lowest BCUT2D eigenvalue weighted by atomic mass is 9.75. The first-order valence-electron chi connectivity index (χ1n) is 8.50. The van der Waals surface area contributed by atoms with E-state index < -0.39 is 9.84 Å². The summed E-state index contributed by atoms with van der Waals surface area (Å²) in [5.41, 5.74) is -0.402. The van der Waals surface area contributed by atoms with Crippen molar-refractivity contribution >= 4 is 9.84 Å². The van der Waals surface area contributed by atoms with Crippen molar-refractivity contribution in [1.29, 1.82) is 0 Å². The minimum Gasteiger partial charge on any atom is -0.228 e. The molecule has 0 saturated carbocycles. The summed E-state index contributed by atoms with van der Waals surface area (Å²) in [6.45, 7) is 20.8. The van der Waals surface area contributed by atoms with Crippen molar-refractivity contribution in [3.05, 3.63) is 0 Å². The molecule has 21 heavy (non-hydrogen) atoms. The second-order valence-corrected chi connectivity index (χ2v) is 10.7. The third-order valence-electron chi connectivity index (χ3n) is 6.85. The van der Waals surface area contributed by atoms with Gasteiger partial charge in [-0.2, -0.15) is 0 Å². The maximum atomic E-state index is 13.2. The van der Waals surface area contributed by atoms with E-state index in [4.69, 9.17) is 0 Å². The summed E-state index contributed by atoms with van der Waals surface area (Å²) in [5.74, 6) is 0.780. The minimum absolute atomic E-state index is 0.201. The highest BCUT2D eigenvalue weighted by Gasteiger charge is 2.46. The quantitative estimate of drug-likeness (QED) is 0.606. The highest BCUT2D eigenvalue weighted by molar-refractivity contribution is 7.92. The first-order valence-corrected chi connectivity index (χ1v) is 10.1. The average molecular weight is 319 g/mol. The highest BCUT2D eigenvalue weighted by atomic mass is 32.2. The fourth-order valence-electron chi connectivity index (χ4n) is 3.01. The smallest absolute Gasteiger partial charge is 0.156 e. The van der Waals surface area contributed by atoms with Gasteiger partial charge in [0, 0.05) is 0 Å². The maximum absolute atomic E-state index is 13.2. The van der Waals surface area contributed by atoms with Crippen LogP contribution in [0.1, 0.15) is 82.1 Å². The molecular formula is C18H38O2S. The molecule has 0 heterocycles. The third-order valence-corrected chi connectivity index (χ3v) is 10.0. The van der Waals surface area contributed by atoms with E-state index in [9.17, 15) is 8.42 Å². The van der Waals surface area contributed by atoms with Crippen LogP contribution in [-0.4, -0.2) is 18.9 Å². The van der Waals surface area contributed by atoms with Gasteiger partial charge in [0.2, 0.25) is 0 Å². The predicted octanol–water partition coefficient (Wildman–Crippen LogP) is 5.32. The molecule has 0 aromatic carbocycles. The molecule has 4 unspecified atom stereocenters. The standard InChI is InChI=1S/C18H38O2S/c1-11-13(3)17(7,8)15(5)21(19,20)16(6)18(9,10)14(4)12-2/h13-16H,11-12H2,1-10H3. The SMILES string of the molecule is CCC(C)C(C)(C)C(C)S(=O)(=O)C(C)C(C)(C)C(C)CC. The number of rotatable bonds is 8. The predicted molar refractivity (Wildman–Crippen MR) is 94.3 cm³/mol. The Morgan fingerprint density at radius 1 is 0.714 bits per heavy atom. The number of hydrogen-bond donors (Lipinski definition) is 0. The van der Waals surface area contributed by atoms with E-state index in [0.717, 1.165) is 12.8 Å². The Morgan fingerprint density at radius 3 is 1.14 bits per heavy atom. The molecule has 0 aromatic heterocycles. The van der Waals surface area contributed by atoms with E-state index in [1.807, 2.05) is 13.8 Å². The van der Waals surface area contributed by atoms with Crippen molar-refractivity contribution in [2.45, 2.75) is 92.6 Å². The van der Waals surface area contributed by atoms with E-state index in [2.05, 4.69) is 55.4 Å². The maximum Gasteiger partial charge on any atom is 0.156 e. The van der Waals surface area contributed by atoms with Gasteiger partial charge in [-0.25, -0.2) is 8.42 Å². The lowest BCUT2D eigenvalue weighted by Crippen LogP contribution is -2.48. The van der Waals surface area contributed by atoms with Crippen molar-refractivity contribution in [3.63, 3.8) is 0 Å². The summed E-state index contributed by atoms with van der Waals surface area (Å²) in [7, 11) is -3.16. The van der Waals surface area contributed by atoms with Crippen LogP contribution in [0.2, 0.25) is 0 Å². The minimum atomic E-state index is -3.16. The van der Waals surface area contributed by atoms with Crippen LogP contribution in [0, 0.1) is 22.7 Å². The van der Waals surface area contributed by atoms with Crippen LogP contribution in [-0.2, 0) is 9.84 Å². The zero-order chi connectivity index (χ0) is 17.2. The molecule has 0 rings (SSSR count). The summed E-state index contributed by atoms with van der Waals surface area (Å²) in [6, 6.07) is 0. The molecule has 4 atom stereocenters. The third kappa shape index (κ3) is 4.03. The van der Waals surface area contributed by atoms with Gasteiger partial charge in [-0.15, -0.1) is 0 Å². The summed E-state index contributed by atoms with van der Waals surface area (Å²) >= 11 is 0. The van der Waals surface area contributed by atoms with E-state index in [0.29, 0.717) is 11.8 Å². The number of hydrogen-bond acceptors (Lipinski definition) is 2. The van der Waals surface area contributed by atoms with Gasteiger partial charge in [-0.3, -0.25) is 0 Å². The van der Waals surface area contributed by atoms with Crippen molar-refractivity contribution in [2.24, 2.45) is 22.7 Å². The van der Waals surface area contributed by atoms with Gasteiger partial charge < -0.3 is 0 Å². The Morgan fingerprint density at radius 2 is 0.952 bits per heavy atom. The molecule has 0 spiro atoms. The molecule has 0 radical (unpaired) electrons. The van der Waals surface area contributed by atoms with Crippen LogP contribution >= 0.6 is 0 Å². The molecule has 0 aliphatic heterocycles. The van der Waals surface area contributed by atoms with Gasteiger partial charge in [-0.05, 0) is 36.5 Å². The van der Waals surface area contributed by atoms with Gasteiger partial charge in [0.25, 0.3) is 0 Å². The summed E-state index contributed by atoms with van der Waals surface area (Å²) in [4.78, 5) is 0. The monoisotopic (exact) mass is 318 g/mol. The molecule has 0 aromatic rings. The van der Waals surface area contributed by atoms with Crippen LogP contribution in [0.4, 0.5) is 0 Å². The molecule has 0 saturated heterocycles. The summed E-state index contributed by atoms with van der Waals surface area (Å²) in [6.07, 6.45) is 2.02. The largest absolute Gasteiger partial charge is 0.228 e. The lowest BCUT2D eigenvalue weighted by molar-refractivity contribution is 0.200. The van der Waals surface area contributed by atoms with E-state index >= 15 is 0 Å². The fraction of sp³-hybridized carbons (Fsp3) is 1.00. The van der Waals surface area contributed by atoms with Crippen LogP contribution in [0.25, 0.3) is 0 Å². The Labute approximate surface area is 134 Å². The molecule has 2 nitrogen and oxygen atoms in total. The van der Waals surface area contributed by atoms with E-state index in [1.165, 1.54) is 0 Å². The second-order valence-electron chi connectivity index (χ2n) is 8.13. The molecule has 0 aliphatic carbocycles. The van der Waals surface area contributed by atoms with Crippen LogP contribution in [0.5, 0.6) is 0 Å². The van der Waals surface area contributed by atoms with Crippen molar-refractivity contribution in [3.8, 4) is 0 Å². The Balaban J connectivity index is 5.58. The summed E-state index contributed by atoms with van der Waals surface area (Å²) in [5, 5.41) is -0.642. The summed E-state index contributed by atoms with van der Waals surface area (Å²) < 4.78 is 26.3. The van der Waals surface area contributed by atoms with E-state index in [1.54, 1.807) is 0 Å². The van der Waals surface area contributed by atoms with Gasteiger partial charge in [0.15, 0.2) is 9.84 Å². The van der Waals surface area contributed by atoms with E-state index in [-0.39, 0.29) is 21.3 Å². The van der Waals surface area contributed by atoms with Crippen molar-refractivity contribution in [1.82, 2.24) is 0 Å². The van der Waals surface area contributed by atoms with Gasteiger partial charge in [0.05, 0.1) is 10.5 Å².